The van der Waals surface area contributed by atoms with Crippen molar-refractivity contribution >= 4 is 7.82 Å². The fourth-order valence-electron chi connectivity index (χ4n) is 10.4. The van der Waals surface area contributed by atoms with Crippen LogP contribution >= 0.6 is 7.82 Å². The van der Waals surface area contributed by atoms with Crippen LogP contribution in [0, 0.1) is 46.3 Å². The fraction of sp³-hybridized carbons (Fsp3) is 0.939. The summed E-state index contributed by atoms with van der Waals surface area (Å²) in [5.74, 6) is 2.60. The first-order valence-electron chi connectivity index (χ1n) is 17.1. The molecule has 1 aliphatic heterocycles. The topological polar surface area (TPSA) is 186 Å². The van der Waals surface area contributed by atoms with E-state index in [4.69, 9.17) is 19.3 Å². The number of hydrogen-bond acceptors (Lipinski definition) is 9. The molecular formula is C33H57O11P. The van der Waals surface area contributed by atoms with Crippen LogP contribution in [0.3, 0.4) is 0 Å². The van der Waals surface area contributed by atoms with Crippen LogP contribution in [0.5, 0.6) is 0 Å². The monoisotopic (exact) mass is 660 g/mol. The van der Waals surface area contributed by atoms with Crippen molar-refractivity contribution in [3.05, 3.63) is 11.3 Å². The molecule has 45 heavy (non-hydrogen) atoms. The molecule has 3 saturated carbocycles. The quantitative estimate of drug-likeness (QED) is 0.167. The van der Waals surface area contributed by atoms with Crippen LogP contribution in [0.25, 0.3) is 0 Å². The predicted molar refractivity (Wildman–Crippen MR) is 166 cm³/mol. The van der Waals surface area contributed by atoms with Crippen molar-refractivity contribution < 1.29 is 53.9 Å². The zero-order valence-electron chi connectivity index (χ0n) is 27.5. The summed E-state index contributed by atoms with van der Waals surface area (Å²) >= 11 is 0. The van der Waals surface area contributed by atoms with Gasteiger partial charge in [-0.25, -0.2) is 4.57 Å². The third-order valence-corrected chi connectivity index (χ3v) is 13.3. The molecule has 0 spiro atoms. The van der Waals surface area contributed by atoms with Gasteiger partial charge in [-0.15, -0.1) is 0 Å². The highest BCUT2D eigenvalue weighted by atomic mass is 31.2. The van der Waals surface area contributed by atoms with Crippen molar-refractivity contribution in [1.29, 1.82) is 0 Å². The van der Waals surface area contributed by atoms with Crippen molar-refractivity contribution in [2.24, 2.45) is 46.3 Å². The Balaban J connectivity index is 1.29. The van der Waals surface area contributed by atoms with Gasteiger partial charge in [0, 0.05) is 0 Å². The van der Waals surface area contributed by atoms with E-state index in [1.807, 2.05) is 0 Å². The van der Waals surface area contributed by atoms with E-state index in [0.717, 1.165) is 24.8 Å². The van der Waals surface area contributed by atoms with Gasteiger partial charge in [0.05, 0.1) is 12.7 Å². The lowest BCUT2D eigenvalue weighted by Gasteiger charge is -2.60. The Labute approximate surface area is 267 Å². The van der Waals surface area contributed by atoms with Crippen molar-refractivity contribution in [2.75, 3.05) is 6.61 Å². The molecule has 0 amide bonds. The largest absolute Gasteiger partial charge is 0.510 e. The molecule has 0 aromatic carbocycles. The van der Waals surface area contributed by atoms with Crippen LogP contribution in [-0.4, -0.2) is 84.8 Å². The lowest BCUT2D eigenvalue weighted by atomic mass is 9.46. The number of ether oxygens (including phenoxy) is 2. The molecule has 5 rings (SSSR count). The number of phosphoric acid groups is 1. The summed E-state index contributed by atoms with van der Waals surface area (Å²) in [5, 5.41) is 54.6. The summed E-state index contributed by atoms with van der Waals surface area (Å²) in [6, 6.07) is 0. The highest BCUT2D eigenvalue weighted by molar-refractivity contribution is 7.46. The molecule has 7 N–H and O–H groups in total. The number of rotatable bonds is 10. The van der Waals surface area contributed by atoms with Gasteiger partial charge in [0.25, 0.3) is 0 Å². The molecule has 0 radical (unpaired) electrons. The summed E-state index contributed by atoms with van der Waals surface area (Å²) in [4.78, 5) is 18.1. The van der Waals surface area contributed by atoms with Gasteiger partial charge >= 0.3 is 7.82 Å². The lowest BCUT2D eigenvalue weighted by Crippen LogP contribution is -2.60. The Morgan fingerprint density at radius 3 is 2.31 bits per heavy atom. The second-order valence-electron chi connectivity index (χ2n) is 15.8. The molecule has 0 aromatic heterocycles. The van der Waals surface area contributed by atoms with Gasteiger partial charge in [-0.1, -0.05) is 53.9 Å². The summed E-state index contributed by atoms with van der Waals surface area (Å²) < 4.78 is 27.4. The van der Waals surface area contributed by atoms with E-state index in [1.54, 1.807) is 0 Å². The summed E-state index contributed by atoms with van der Waals surface area (Å²) in [7, 11) is -4.86. The molecule has 14 atom stereocenters. The van der Waals surface area contributed by atoms with E-state index in [1.165, 1.54) is 25.7 Å². The first-order valence-corrected chi connectivity index (χ1v) is 18.7. The maximum absolute atomic E-state index is 11.7. The van der Waals surface area contributed by atoms with Crippen LogP contribution in [0.1, 0.15) is 98.8 Å². The van der Waals surface area contributed by atoms with Crippen molar-refractivity contribution in [1.82, 2.24) is 0 Å². The first-order chi connectivity index (χ1) is 21.0. The molecule has 1 heterocycles. The molecule has 11 nitrogen and oxygen atoms in total. The molecule has 1 saturated heterocycles. The van der Waals surface area contributed by atoms with Crippen molar-refractivity contribution in [3.8, 4) is 0 Å². The molecule has 12 heteroatoms. The predicted octanol–water partition coefficient (Wildman–Crippen LogP) is 4.19. The molecule has 1 unspecified atom stereocenters. The fourth-order valence-corrected chi connectivity index (χ4v) is 10.7. The van der Waals surface area contributed by atoms with Crippen LogP contribution in [0.15, 0.2) is 11.3 Å². The number of fused-ring (bicyclic) bond motifs is 5. The zero-order chi connectivity index (χ0) is 33.1. The summed E-state index contributed by atoms with van der Waals surface area (Å²) in [5.41, 5.74) is 0.616. The van der Waals surface area contributed by atoms with Crippen molar-refractivity contribution in [2.45, 2.75) is 142 Å². The average molecular weight is 661 g/mol. The first kappa shape index (κ1) is 35.7. The molecule has 0 bridgehead atoms. The zero-order valence-corrected chi connectivity index (χ0v) is 28.4. The number of phosphoric ester groups is 1. The van der Waals surface area contributed by atoms with Crippen LogP contribution < -0.4 is 0 Å². The maximum Gasteiger partial charge on any atom is 0.469 e. The van der Waals surface area contributed by atoms with E-state index in [0.29, 0.717) is 42.9 Å². The maximum atomic E-state index is 11.7. The highest BCUT2D eigenvalue weighted by Gasteiger charge is 2.63. The minimum atomic E-state index is -4.86. The third kappa shape index (κ3) is 6.83. The molecule has 4 aliphatic carbocycles. The van der Waals surface area contributed by atoms with Gasteiger partial charge in [-0.2, -0.15) is 0 Å². The molecule has 260 valence electrons. The Morgan fingerprint density at radius 2 is 1.64 bits per heavy atom. The number of aliphatic hydroxyl groups excluding tert-OH is 5. The Hall–Kier alpha value is -0.590. The molecule has 4 fully saturated rings. The third-order valence-electron chi connectivity index (χ3n) is 12.8. The van der Waals surface area contributed by atoms with Gasteiger partial charge < -0.3 is 44.8 Å². The second-order valence-corrected chi connectivity index (χ2v) is 17.1. The van der Waals surface area contributed by atoms with Crippen molar-refractivity contribution in [3.63, 3.8) is 0 Å². The Kier molecular flexibility index (Phi) is 10.6. The van der Waals surface area contributed by atoms with E-state index in [-0.39, 0.29) is 28.4 Å². The lowest BCUT2D eigenvalue weighted by molar-refractivity contribution is -0.312. The summed E-state index contributed by atoms with van der Waals surface area (Å²) in [6.45, 7) is 10.9. The van der Waals surface area contributed by atoms with Crippen LogP contribution in [0.2, 0.25) is 0 Å². The van der Waals surface area contributed by atoms with E-state index in [2.05, 4.69) is 39.1 Å². The van der Waals surface area contributed by atoms with Crippen LogP contribution in [-0.2, 0) is 18.6 Å². The minimum Gasteiger partial charge on any atom is -0.510 e. The van der Waals surface area contributed by atoms with Gasteiger partial charge in [0.2, 0.25) is 0 Å². The summed E-state index contributed by atoms with van der Waals surface area (Å²) in [6.07, 6.45) is 0.615. The average Bonchev–Trinajstić information content (AvgIpc) is 3.32. The number of hydrogen-bond donors (Lipinski definition) is 7. The molecule has 0 aromatic rings. The normalized spacial score (nSPS) is 46.1. The van der Waals surface area contributed by atoms with Gasteiger partial charge in [-0.3, -0.25) is 4.52 Å². The smallest absolute Gasteiger partial charge is 0.469 e. The highest BCUT2D eigenvalue weighted by Crippen LogP contribution is 2.68. The standard InChI is InChI=1S/C33H57O11P/c1-17(2)7-6-8-18(3)20-9-10-21-25-22(12-14-32(20,21)4)33(5)13-11-19(15-23(33)26(34)28(25)36)43-31-30(38)29(37)27(35)24(44-31)16-42-45(39,40)41/h17-22,24-25,27-31,34-38H,6-16H2,1-5H3,(H2,39,40,41)/t18-,19+,20-,21+,22+,24-,25+,27+,28?,29-,30+,31+,32-,33-/m1/s1. The van der Waals surface area contributed by atoms with Crippen LogP contribution in [0.4, 0.5) is 0 Å². The van der Waals surface area contributed by atoms with E-state index >= 15 is 0 Å². The van der Waals surface area contributed by atoms with Gasteiger partial charge in [0.15, 0.2) is 6.29 Å². The van der Waals surface area contributed by atoms with E-state index < -0.39 is 57.3 Å². The minimum absolute atomic E-state index is 0.00208. The second kappa shape index (κ2) is 13.4. The van der Waals surface area contributed by atoms with Gasteiger partial charge in [-0.05, 0) is 96.9 Å². The van der Waals surface area contributed by atoms with Gasteiger partial charge in [0.1, 0.15) is 36.3 Å². The number of aliphatic hydroxyl groups is 5. The Bertz CT molecular complexity index is 1130. The Morgan fingerprint density at radius 1 is 0.933 bits per heavy atom. The van der Waals surface area contributed by atoms with E-state index in [9.17, 15) is 30.1 Å². The molecular weight excluding hydrogens is 603 g/mol. The molecule has 5 aliphatic rings. The SMILES string of the molecule is CC(C)CCC[C@@H](C)[C@H]1CC[C@H]2[C@@H]3C(O)C(O)=C4C[C@@H](O[C@H]5O[C@H](COP(=O)(O)O)[C@H](O)[C@@H](O)[C@@H]5O)CC[C@]4(C)[C@H]3CC[C@]12C.